The van der Waals surface area contributed by atoms with Crippen molar-refractivity contribution in [2.75, 3.05) is 13.2 Å². The first kappa shape index (κ1) is 20.5. The number of ether oxygens (including phenoxy) is 2. The van der Waals surface area contributed by atoms with Crippen LogP contribution in [0, 0.1) is 17.0 Å². The summed E-state index contributed by atoms with van der Waals surface area (Å²) in [6, 6.07) is 5.29. The van der Waals surface area contributed by atoms with Crippen LogP contribution in [0.1, 0.15) is 30.5 Å². The molecule has 3 aliphatic carbocycles. The molecular weight excluding hydrogens is 431 g/mol. The minimum atomic E-state index is -4.48. The van der Waals surface area contributed by atoms with Gasteiger partial charge in [-0.05, 0) is 43.5 Å². The summed E-state index contributed by atoms with van der Waals surface area (Å²) >= 11 is 0. The maximum Gasteiger partial charge on any atom is 0.422 e. The lowest BCUT2D eigenvalue weighted by Crippen LogP contribution is -2.74. The molecule has 31 heavy (non-hydrogen) atoms. The zero-order valence-corrected chi connectivity index (χ0v) is 15.9. The molecule has 1 aliphatic heterocycles. The fourth-order valence-electron chi connectivity index (χ4n) is 5.16. The molecule has 3 nitrogen and oxygen atoms in total. The quantitative estimate of drug-likeness (QED) is 0.446. The van der Waals surface area contributed by atoms with Crippen molar-refractivity contribution in [2.24, 2.45) is 5.41 Å². The third-order valence-corrected chi connectivity index (χ3v) is 6.69. The van der Waals surface area contributed by atoms with Crippen molar-refractivity contribution >= 4 is 0 Å². The SMILES string of the molecule is Fc1ccc(C2(C(F)(F)C34CC(c5ccc(OCC(F)(F)F)cn5)(C3)C4)CO2)c(F)c1. The van der Waals surface area contributed by atoms with Crippen molar-refractivity contribution in [1.29, 1.82) is 0 Å². The molecule has 166 valence electrons. The van der Waals surface area contributed by atoms with Gasteiger partial charge in [-0.15, -0.1) is 0 Å². The van der Waals surface area contributed by atoms with Crippen molar-refractivity contribution in [1.82, 2.24) is 4.98 Å². The highest BCUT2D eigenvalue weighted by molar-refractivity contribution is 5.43. The van der Waals surface area contributed by atoms with Crippen LogP contribution < -0.4 is 4.74 Å². The second-order valence-corrected chi connectivity index (χ2v) is 8.69. The highest BCUT2D eigenvalue weighted by Gasteiger charge is 2.85. The summed E-state index contributed by atoms with van der Waals surface area (Å²) in [5.74, 6) is -5.38. The van der Waals surface area contributed by atoms with E-state index in [0.717, 1.165) is 18.3 Å². The van der Waals surface area contributed by atoms with Gasteiger partial charge in [0.1, 0.15) is 17.4 Å². The van der Waals surface area contributed by atoms with Gasteiger partial charge in [-0.2, -0.15) is 13.2 Å². The van der Waals surface area contributed by atoms with E-state index >= 15 is 8.78 Å². The predicted octanol–water partition coefficient (Wildman–Crippen LogP) is 5.28. The largest absolute Gasteiger partial charge is 0.483 e. The number of halogens is 7. The summed E-state index contributed by atoms with van der Waals surface area (Å²) in [6.45, 7) is -1.81. The number of hydrogen-bond donors (Lipinski definition) is 0. The molecule has 10 heteroatoms. The number of aromatic nitrogens is 1. The van der Waals surface area contributed by atoms with Gasteiger partial charge in [0.25, 0.3) is 5.92 Å². The summed E-state index contributed by atoms with van der Waals surface area (Å²) < 4.78 is 105. The number of benzene rings is 1. The fourth-order valence-corrected chi connectivity index (χ4v) is 5.16. The maximum absolute atomic E-state index is 15.5. The van der Waals surface area contributed by atoms with E-state index in [1.165, 1.54) is 12.1 Å². The topological polar surface area (TPSA) is 34.6 Å². The molecule has 1 saturated heterocycles. The Kier molecular flexibility index (Phi) is 4.05. The summed E-state index contributed by atoms with van der Waals surface area (Å²) in [5.41, 5.74) is -3.95. The van der Waals surface area contributed by atoms with E-state index in [4.69, 9.17) is 4.74 Å². The van der Waals surface area contributed by atoms with Crippen molar-refractivity contribution in [3.63, 3.8) is 0 Å². The third-order valence-electron chi connectivity index (χ3n) is 6.69. The van der Waals surface area contributed by atoms with Crippen LogP contribution in [-0.2, 0) is 15.8 Å². The van der Waals surface area contributed by atoms with Crippen LogP contribution in [0.5, 0.6) is 5.75 Å². The van der Waals surface area contributed by atoms with Gasteiger partial charge in [0.2, 0.25) is 0 Å². The molecule has 2 bridgehead atoms. The first-order chi connectivity index (χ1) is 14.4. The molecule has 4 aliphatic rings. The van der Waals surface area contributed by atoms with E-state index in [0.29, 0.717) is 11.8 Å². The molecule has 1 unspecified atom stereocenters. The van der Waals surface area contributed by atoms with Gasteiger partial charge in [-0.25, -0.2) is 17.6 Å². The average molecular weight is 447 g/mol. The van der Waals surface area contributed by atoms with Crippen LogP contribution in [0.25, 0.3) is 0 Å². The Morgan fingerprint density at radius 3 is 2.19 bits per heavy atom. The van der Waals surface area contributed by atoms with Gasteiger partial charge in [0, 0.05) is 28.2 Å². The molecule has 6 rings (SSSR count). The Morgan fingerprint density at radius 1 is 1.00 bits per heavy atom. The number of alkyl halides is 5. The van der Waals surface area contributed by atoms with Gasteiger partial charge in [0.15, 0.2) is 12.2 Å². The van der Waals surface area contributed by atoms with Crippen molar-refractivity contribution < 1.29 is 40.2 Å². The lowest BCUT2D eigenvalue weighted by atomic mass is 9.31. The molecule has 0 radical (unpaired) electrons. The average Bonchev–Trinajstić information content (AvgIpc) is 3.40. The second-order valence-electron chi connectivity index (χ2n) is 8.69. The Morgan fingerprint density at radius 2 is 1.68 bits per heavy atom. The van der Waals surface area contributed by atoms with E-state index in [-0.39, 0.29) is 37.2 Å². The zero-order chi connectivity index (χ0) is 22.3. The van der Waals surface area contributed by atoms with Crippen molar-refractivity contribution in [3.8, 4) is 5.75 Å². The van der Waals surface area contributed by atoms with Crippen LogP contribution in [0.2, 0.25) is 0 Å². The Balaban J connectivity index is 1.31. The number of epoxide rings is 1. The lowest BCUT2D eigenvalue weighted by molar-refractivity contribution is -0.307. The molecule has 1 atom stereocenters. The molecular formula is C21H16F7NO2. The van der Waals surface area contributed by atoms with Gasteiger partial charge < -0.3 is 9.47 Å². The summed E-state index contributed by atoms with van der Waals surface area (Å²) in [4.78, 5) is 4.11. The first-order valence-corrected chi connectivity index (χ1v) is 9.56. The van der Waals surface area contributed by atoms with Crippen molar-refractivity contribution in [2.45, 2.75) is 42.4 Å². The molecule has 1 aromatic heterocycles. The molecule has 0 amide bonds. The van der Waals surface area contributed by atoms with Crippen LogP contribution in [-0.4, -0.2) is 30.3 Å². The minimum absolute atomic E-state index is 0.0650. The van der Waals surface area contributed by atoms with Gasteiger partial charge in [0.05, 0.1) is 12.8 Å². The number of rotatable bonds is 6. The summed E-state index contributed by atoms with van der Waals surface area (Å²) in [7, 11) is 0. The molecule has 2 heterocycles. The Hall–Kier alpha value is -2.36. The van der Waals surface area contributed by atoms with E-state index in [2.05, 4.69) is 9.72 Å². The molecule has 2 aromatic rings. The Bertz CT molecular complexity index is 1010. The van der Waals surface area contributed by atoms with Gasteiger partial charge in [-0.1, -0.05) is 0 Å². The predicted molar refractivity (Wildman–Crippen MR) is 92.7 cm³/mol. The van der Waals surface area contributed by atoms with Crippen LogP contribution in [0.3, 0.4) is 0 Å². The van der Waals surface area contributed by atoms with Gasteiger partial charge in [-0.3, -0.25) is 4.98 Å². The van der Waals surface area contributed by atoms with Crippen LogP contribution in [0.15, 0.2) is 36.5 Å². The number of pyridine rings is 1. The molecule has 3 saturated carbocycles. The lowest BCUT2D eigenvalue weighted by Gasteiger charge is -2.72. The van der Waals surface area contributed by atoms with Crippen LogP contribution >= 0.6 is 0 Å². The van der Waals surface area contributed by atoms with Gasteiger partial charge >= 0.3 is 6.18 Å². The van der Waals surface area contributed by atoms with E-state index in [9.17, 15) is 22.0 Å². The Labute approximate surface area is 172 Å². The standard InChI is InChI=1S/C21H16F7NO2/c22-12-1-3-14(15(23)5-12)19(10-31-19)21(27,28)18-7-17(8-18,9-18)16-4-2-13(6-29-16)30-11-20(24,25)26/h1-6H,7-11H2. The number of hydrogen-bond acceptors (Lipinski definition) is 3. The minimum Gasteiger partial charge on any atom is -0.483 e. The summed E-state index contributed by atoms with van der Waals surface area (Å²) in [6.07, 6.45) is -3.05. The highest BCUT2D eigenvalue weighted by Crippen LogP contribution is 2.81. The fraction of sp³-hybridized carbons (Fsp3) is 0.476. The maximum atomic E-state index is 15.5. The molecule has 0 spiro atoms. The molecule has 0 N–H and O–H groups in total. The van der Waals surface area contributed by atoms with E-state index < -0.39 is 46.8 Å². The zero-order valence-electron chi connectivity index (χ0n) is 15.9. The van der Waals surface area contributed by atoms with E-state index in [1.54, 1.807) is 0 Å². The first-order valence-electron chi connectivity index (χ1n) is 9.56. The second kappa shape index (κ2) is 6.11. The highest BCUT2D eigenvalue weighted by atomic mass is 19.4. The normalized spacial score (nSPS) is 31.6. The smallest absolute Gasteiger partial charge is 0.422 e. The molecule has 1 aromatic carbocycles. The number of nitrogens with zero attached hydrogens (tertiary/aromatic N) is 1. The molecule has 4 fully saturated rings. The summed E-state index contributed by atoms with van der Waals surface area (Å²) in [5, 5.41) is 0. The third kappa shape index (κ3) is 2.86. The monoisotopic (exact) mass is 447 g/mol. The van der Waals surface area contributed by atoms with Crippen LogP contribution in [0.4, 0.5) is 30.7 Å². The van der Waals surface area contributed by atoms with Crippen molar-refractivity contribution in [3.05, 3.63) is 59.4 Å². The van der Waals surface area contributed by atoms with E-state index in [1.807, 2.05) is 0 Å².